The maximum Gasteiger partial charge on any atom is 0.335 e. The molecule has 0 amide bonds. The molecule has 0 aliphatic carbocycles. The zero-order chi connectivity index (χ0) is 13.3. The lowest BCUT2D eigenvalue weighted by molar-refractivity contribution is 0.0696. The number of fused-ring (bicyclic) bond motifs is 1. The van der Waals surface area contributed by atoms with Crippen LogP contribution in [0.25, 0.3) is 10.9 Å². The summed E-state index contributed by atoms with van der Waals surface area (Å²) in [5, 5.41) is 10.3. The van der Waals surface area contributed by atoms with Crippen LogP contribution in [-0.2, 0) is 6.42 Å². The van der Waals surface area contributed by atoms with Crippen molar-refractivity contribution in [2.75, 3.05) is 6.54 Å². The van der Waals surface area contributed by atoms with Gasteiger partial charge in [-0.25, -0.2) is 4.79 Å². The summed E-state index contributed by atoms with van der Waals surface area (Å²) in [6.45, 7) is 4.44. The number of aromatic carboxylic acids is 1. The summed E-state index contributed by atoms with van der Waals surface area (Å²) < 4.78 is 0. The molecule has 0 aliphatic rings. The molecule has 0 fully saturated rings. The van der Waals surface area contributed by atoms with Crippen molar-refractivity contribution in [1.82, 2.24) is 4.98 Å². The number of benzene rings is 1. The number of carboxylic acid groups (broad SMARTS) is 1. The number of nitrogens with two attached hydrogens (primary N) is 1. The van der Waals surface area contributed by atoms with Gasteiger partial charge in [0, 0.05) is 17.1 Å². The summed E-state index contributed by atoms with van der Waals surface area (Å²) in [4.78, 5) is 14.5. The van der Waals surface area contributed by atoms with Gasteiger partial charge in [-0.3, -0.25) is 0 Å². The smallest absolute Gasteiger partial charge is 0.335 e. The first-order valence-corrected chi connectivity index (χ1v) is 6.09. The molecule has 0 atom stereocenters. The van der Waals surface area contributed by atoms with Crippen molar-refractivity contribution in [1.29, 1.82) is 0 Å². The van der Waals surface area contributed by atoms with E-state index in [2.05, 4.69) is 4.98 Å². The number of nitrogens with one attached hydrogen (secondary N) is 1. The topological polar surface area (TPSA) is 79.1 Å². The summed E-state index contributed by atoms with van der Waals surface area (Å²) in [5.74, 6) is -0.872. The first-order valence-electron chi connectivity index (χ1n) is 6.09. The van der Waals surface area contributed by atoms with Crippen LogP contribution in [0.1, 0.15) is 33.5 Å². The summed E-state index contributed by atoms with van der Waals surface area (Å²) in [7, 11) is 0. The van der Waals surface area contributed by atoms with Gasteiger partial charge in [-0.15, -0.1) is 0 Å². The van der Waals surface area contributed by atoms with Gasteiger partial charge in [-0.2, -0.15) is 0 Å². The molecular formula is C14H18N2O2. The van der Waals surface area contributed by atoms with E-state index in [4.69, 9.17) is 5.73 Å². The Morgan fingerprint density at radius 2 is 2.17 bits per heavy atom. The minimum absolute atomic E-state index is 0.383. The second-order valence-electron chi connectivity index (χ2n) is 4.63. The van der Waals surface area contributed by atoms with Crippen molar-refractivity contribution in [2.24, 2.45) is 5.73 Å². The van der Waals surface area contributed by atoms with Gasteiger partial charge >= 0.3 is 5.97 Å². The molecule has 18 heavy (non-hydrogen) atoms. The van der Waals surface area contributed by atoms with Gasteiger partial charge in [-0.1, -0.05) is 0 Å². The van der Waals surface area contributed by atoms with Gasteiger partial charge in [-0.05, 0) is 56.0 Å². The summed E-state index contributed by atoms with van der Waals surface area (Å²) in [6.07, 6.45) is 3.74. The van der Waals surface area contributed by atoms with Crippen LogP contribution in [0.2, 0.25) is 0 Å². The molecule has 0 spiro atoms. The van der Waals surface area contributed by atoms with Crippen molar-refractivity contribution < 1.29 is 9.90 Å². The monoisotopic (exact) mass is 246 g/mol. The number of hydrogen-bond acceptors (Lipinski definition) is 2. The number of hydrogen-bond donors (Lipinski definition) is 3. The average Bonchev–Trinajstić information content (AvgIpc) is 2.75. The second kappa shape index (κ2) is 4.82. The predicted molar refractivity (Wildman–Crippen MR) is 72.1 cm³/mol. The Morgan fingerprint density at radius 3 is 2.78 bits per heavy atom. The minimum Gasteiger partial charge on any atom is -0.478 e. The summed E-state index contributed by atoms with van der Waals surface area (Å²) in [6, 6.07) is 1.73. The molecule has 96 valence electrons. The third-order valence-corrected chi connectivity index (χ3v) is 3.38. The van der Waals surface area contributed by atoms with E-state index in [1.54, 1.807) is 6.07 Å². The Balaban J connectivity index is 2.66. The molecule has 1 aromatic heterocycles. The van der Waals surface area contributed by atoms with Gasteiger partial charge in [0.05, 0.1) is 5.56 Å². The highest BCUT2D eigenvalue weighted by Crippen LogP contribution is 2.28. The third-order valence-electron chi connectivity index (χ3n) is 3.38. The lowest BCUT2D eigenvalue weighted by Gasteiger charge is -2.08. The molecule has 0 bridgehead atoms. The van der Waals surface area contributed by atoms with Crippen molar-refractivity contribution in [3.05, 3.63) is 34.5 Å². The van der Waals surface area contributed by atoms with Crippen LogP contribution in [0.3, 0.4) is 0 Å². The van der Waals surface area contributed by atoms with Crippen molar-refractivity contribution in [3.63, 3.8) is 0 Å². The highest BCUT2D eigenvalue weighted by Gasteiger charge is 2.15. The quantitative estimate of drug-likeness (QED) is 0.775. The maximum absolute atomic E-state index is 11.2. The van der Waals surface area contributed by atoms with Crippen LogP contribution in [0.5, 0.6) is 0 Å². The Morgan fingerprint density at radius 1 is 1.44 bits per heavy atom. The third kappa shape index (κ3) is 1.99. The molecular weight excluding hydrogens is 228 g/mol. The van der Waals surface area contributed by atoms with Crippen LogP contribution in [0, 0.1) is 13.8 Å². The summed E-state index contributed by atoms with van der Waals surface area (Å²) in [5.41, 5.74) is 9.89. The van der Waals surface area contributed by atoms with Crippen LogP contribution in [0.4, 0.5) is 0 Å². The van der Waals surface area contributed by atoms with E-state index < -0.39 is 5.97 Å². The second-order valence-corrected chi connectivity index (χ2v) is 4.63. The summed E-state index contributed by atoms with van der Waals surface area (Å²) >= 11 is 0. The maximum atomic E-state index is 11.2. The van der Waals surface area contributed by atoms with Crippen LogP contribution < -0.4 is 5.73 Å². The average molecular weight is 246 g/mol. The molecule has 4 N–H and O–H groups in total. The van der Waals surface area contributed by atoms with E-state index in [1.807, 2.05) is 20.0 Å². The van der Waals surface area contributed by atoms with E-state index in [9.17, 15) is 9.90 Å². The number of carbonyl (C=O) groups is 1. The molecule has 0 saturated heterocycles. The van der Waals surface area contributed by atoms with Gasteiger partial charge in [0.1, 0.15) is 0 Å². The first kappa shape index (κ1) is 12.6. The fourth-order valence-electron chi connectivity index (χ4n) is 2.45. The molecule has 0 unspecified atom stereocenters. The number of carboxylic acids is 1. The van der Waals surface area contributed by atoms with Crippen molar-refractivity contribution in [3.8, 4) is 0 Å². The number of aryl methyl sites for hydroxylation is 3. The fourth-order valence-corrected chi connectivity index (χ4v) is 2.45. The van der Waals surface area contributed by atoms with Gasteiger partial charge in [0.15, 0.2) is 0 Å². The van der Waals surface area contributed by atoms with Crippen LogP contribution in [-0.4, -0.2) is 22.6 Å². The zero-order valence-corrected chi connectivity index (χ0v) is 10.7. The molecule has 4 heteroatoms. The van der Waals surface area contributed by atoms with E-state index in [-0.39, 0.29) is 0 Å². The SMILES string of the molecule is Cc1cc(C(=O)O)c(C)c2c(CCCN)c[nH]c12. The molecule has 1 aromatic carbocycles. The van der Waals surface area contributed by atoms with Gasteiger partial charge < -0.3 is 15.8 Å². The molecule has 1 heterocycles. The molecule has 2 aromatic rings. The Bertz CT molecular complexity index is 599. The van der Waals surface area contributed by atoms with Crippen LogP contribution >= 0.6 is 0 Å². The number of H-pyrrole nitrogens is 1. The Kier molecular flexibility index (Phi) is 3.39. The highest BCUT2D eigenvalue weighted by atomic mass is 16.4. The molecule has 0 aliphatic heterocycles. The van der Waals surface area contributed by atoms with E-state index in [0.717, 1.165) is 40.4 Å². The highest BCUT2D eigenvalue weighted by molar-refractivity contribution is 5.99. The van der Waals surface area contributed by atoms with E-state index in [0.29, 0.717) is 12.1 Å². The first-order chi connectivity index (χ1) is 8.56. The number of aromatic nitrogens is 1. The fraction of sp³-hybridized carbons (Fsp3) is 0.357. The molecule has 4 nitrogen and oxygen atoms in total. The Labute approximate surface area is 106 Å². The largest absolute Gasteiger partial charge is 0.478 e. The molecule has 0 radical (unpaired) electrons. The van der Waals surface area contributed by atoms with E-state index in [1.165, 1.54) is 0 Å². The van der Waals surface area contributed by atoms with Gasteiger partial charge in [0.25, 0.3) is 0 Å². The lowest BCUT2D eigenvalue weighted by atomic mass is 9.97. The standard InChI is InChI=1S/C14H18N2O2/c1-8-6-11(14(17)18)9(2)12-10(4-3-5-15)7-16-13(8)12/h6-7,16H,3-5,15H2,1-2H3,(H,17,18). The van der Waals surface area contributed by atoms with Crippen molar-refractivity contribution >= 4 is 16.9 Å². The lowest BCUT2D eigenvalue weighted by Crippen LogP contribution is -2.03. The minimum atomic E-state index is -0.872. The molecule has 0 saturated carbocycles. The number of rotatable bonds is 4. The van der Waals surface area contributed by atoms with Gasteiger partial charge in [0.2, 0.25) is 0 Å². The van der Waals surface area contributed by atoms with Crippen molar-refractivity contribution in [2.45, 2.75) is 26.7 Å². The Hall–Kier alpha value is -1.81. The van der Waals surface area contributed by atoms with Crippen LogP contribution in [0.15, 0.2) is 12.3 Å². The van der Waals surface area contributed by atoms with E-state index >= 15 is 0 Å². The molecule has 2 rings (SSSR count). The normalized spacial score (nSPS) is 11.1. The predicted octanol–water partition coefficient (Wildman–Crippen LogP) is 2.37. The number of aromatic amines is 1. The zero-order valence-electron chi connectivity index (χ0n) is 10.7.